The van der Waals surface area contributed by atoms with Crippen molar-refractivity contribution in [3.8, 4) is 0 Å². The van der Waals surface area contributed by atoms with Crippen molar-refractivity contribution in [1.29, 1.82) is 0 Å². The van der Waals surface area contributed by atoms with Gasteiger partial charge in [0.2, 0.25) is 11.8 Å². The third-order valence-corrected chi connectivity index (χ3v) is 7.63. The minimum Gasteiger partial charge on any atom is -0.374 e. The maximum Gasteiger partial charge on any atom is 0.244 e. The zero-order chi connectivity index (χ0) is 25.9. The monoisotopic (exact) mass is 476 g/mol. The summed E-state index contributed by atoms with van der Waals surface area (Å²) in [5.41, 5.74) is 6.20. The number of benzene rings is 2. The topological polar surface area (TPSA) is 49.9 Å². The molecule has 0 aromatic heterocycles. The van der Waals surface area contributed by atoms with E-state index in [9.17, 15) is 9.59 Å². The zero-order valence-corrected chi connectivity index (χ0v) is 22.8. The highest BCUT2D eigenvalue weighted by atomic mass is 16.5. The summed E-state index contributed by atoms with van der Waals surface area (Å²) in [5, 5.41) is 0. The predicted octanol–water partition coefficient (Wildman–Crippen LogP) is 6.23. The lowest BCUT2D eigenvalue weighted by molar-refractivity contribution is -0.142. The van der Waals surface area contributed by atoms with E-state index in [2.05, 4.69) is 72.7 Å². The number of rotatable bonds is 6. The Kier molecular flexibility index (Phi) is 6.38. The molecule has 2 amide bonds. The molecule has 35 heavy (non-hydrogen) atoms. The van der Waals surface area contributed by atoms with Crippen molar-refractivity contribution >= 4 is 23.2 Å². The summed E-state index contributed by atoms with van der Waals surface area (Å²) in [5.74, 6) is -0.310. The fraction of sp³-hybridized carbons (Fsp3) is 0.533. The first-order valence-electron chi connectivity index (χ1n) is 12.8. The molecule has 0 N–H and O–H groups in total. The number of unbranched alkanes of at least 4 members (excludes halogenated alkanes) is 1. The lowest BCUT2D eigenvalue weighted by Crippen LogP contribution is -2.70. The molecule has 1 heterocycles. The Bertz CT molecular complexity index is 1070. The highest BCUT2D eigenvalue weighted by Gasteiger charge is 2.73. The lowest BCUT2D eigenvalue weighted by atomic mass is 9.83. The summed E-state index contributed by atoms with van der Waals surface area (Å²) in [6, 6.07) is 8.48. The number of aryl methyl sites for hydroxylation is 6. The summed E-state index contributed by atoms with van der Waals surface area (Å²) >= 11 is 0. The fourth-order valence-electron chi connectivity index (χ4n) is 5.99. The number of hydrogen-bond acceptors (Lipinski definition) is 3. The van der Waals surface area contributed by atoms with Crippen LogP contribution in [0.15, 0.2) is 24.3 Å². The largest absolute Gasteiger partial charge is 0.374 e. The van der Waals surface area contributed by atoms with Gasteiger partial charge in [-0.15, -0.1) is 0 Å². The Labute approximate surface area is 210 Å². The second kappa shape index (κ2) is 8.77. The first-order chi connectivity index (χ1) is 16.4. The van der Waals surface area contributed by atoms with Gasteiger partial charge in [-0.1, -0.05) is 48.7 Å². The molecule has 2 aromatic rings. The van der Waals surface area contributed by atoms with Gasteiger partial charge in [-0.2, -0.15) is 0 Å². The SMILES string of the molecule is CCCCOC1CC12N(c1c(C)cc(C)cc1C)C(=O)C(C)(C)C(=O)N2c1c(C)cc(C)cc1C. The van der Waals surface area contributed by atoms with Crippen LogP contribution in [0.5, 0.6) is 0 Å². The van der Waals surface area contributed by atoms with Crippen LogP contribution in [0, 0.1) is 47.0 Å². The predicted molar refractivity (Wildman–Crippen MR) is 142 cm³/mol. The number of ether oxygens (including phenoxy) is 1. The molecule has 188 valence electrons. The molecule has 5 heteroatoms. The Morgan fingerprint density at radius 2 is 1.20 bits per heavy atom. The highest BCUT2D eigenvalue weighted by Crippen LogP contribution is 2.57. The molecule has 2 fully saturated rings. The Morgan fingerprint density at radius 1 is 0.800 bits per heavy atom. The lowest BCUT2D eigenvalue weighted by Gasteiger charge is -2.51. The van der Waals surface area contributed by atoms with Gasteiger partial charge in [-0.3, -0.25) is 19.4 Å². The molecular weight excluding hydrogens is 436 g/mol. The molecule has 1 saturated heterocycles. The van der Waals surface area contributed by atoms with E-state index >= 15 is 0 Å². The van der Waals surface area contributed by atoms with Gasteiger partial charge in [0, 0.05) is 13.0 Å². The molecule has 0 radical (unpaired) electrons. The second-order valence-electron chi connectivity index (χ2n) is 11.2. The number of carbonyl (C=O) groups excluding carboxylic acids is 2. The normalized spacial score (nSPS) is 20.7. The van der Waals surface area contributed by atoms with Gasteiger partial charge in [0.15, 0.2) is 5.66 Å². The summed E-state index contributed by atoms with van der Waals surface area (Å²) in [4.78, 5) is 32.3. The molecule has 1 aliphatic heterocycles. The average Bonchev–Trinajstić information content (AvgIpc) is 3.45. The minimum atomic E-state index is -1.20. The molecule has 1 saturated carbocycles. The number of carbonyl (C=O) groups is 2. The molecular formula is C30H40N2O3. The third-order valence-electron chi connectivity index (χ3n) is 7.63. The van der Waals surface area contributed by atoms with Crippen LogP contribution in [0.2, 0.25) is 0 Å². The molecule has 1 atom stereocenters. The van der Waals surface area contributed by atoms with Crippen LogP contribution in [-0.4, -0.2) is 30.2 Å². The fourth-order valence-corrected chi connectivity index (χ4v) is 5.99. The van der Waals surface area contributed by atoms with Gasteiger partial charge < -0.3 is 4.74 Å². The Morgan fingerprint density at radius 3 is 1.57 bits per heavy atom. The van der Waals surface area contributed by atoms with Gasteiger partial charge in [0.1, 0.15) is 11.5 Å². The summed E-state index contributed by atoms with van der Waals surface area (Å²) < 4.78 is 6.37. The number of hydrogen-bond donors (Lipinski definition) is 0. The van der Waals surface area contributed by atoms with Crippen molar-refractivity contribution < 1.29 is 14.3 Å². The average molecular weight is 477 g/mol. The van der Waals surface area contributed by atoms with Gasteiger partial charge >= 0.3 is 0 Å². The smallest absolute Gasteiger partial charge is 0.244 e. The molecule has 2 aromatic carbocycles. The molecule has 5 nitrogen and oxygen atoms in total. The van der Waals surface area contributed by atoms with Crippen LogP contribution in [-0.2, 0) is 14.3 Å². The second-order valence-corrected chi connectivity index (χ2v) is 11.2. The van der Waals surface area contributed by atoms with Crippen molar-refractivity contribution in [2.45, 2.75) is 93.3 Å². The maximum atomic E-state index is 14.2. The van der Waals surface area contributed by atoms with Gasteiger partial charge in [-0.05, 0) is 84.1 Å². The van der Waals surface area contributed by atoms with Crippen LogP contribution < -0.4 is 9.80 Å². The summed E-state index contributed by atoms with van der Waals surface area (Å²) in [6.45, 7) is 18.7. The van der Waals surface area contributed by atoms with E-state index in [1.807, 2.05) is 9.80 Å². The zero-order valence-electron chi connectivity index (χ0n) is 22.8. The van der Waals surface area contributed by atoms with E-state index in [-0.39, 0.29) is 17.9 Å². The van der Waals surface area contributed by atoms with Crippen LogP contribution in [0.25, 0.3) is 0 Å². The number of anilines is 2. The third kappa shape index (κ3) is 3.88. The first kappa shape index (κ1) is 25.4. The standard InChI is InChI=1S/C30H40N2O3/c1-10-11-12-35-24-17-30(24)31(25-20(4)13-18(2)14-21(25)5)27(33)29(8,9)28(34)32(30)26-22(6)15-19(3)16-23(26)7/h13-16,24H,10-12,17H2,1-9H3. The highest BCUT2D eigenvalue weighted by molar-refractivity contribution is 6.22. The van der Waals surface area contributed by atoms with Gasteiger partial charge in [-0.25, -0.2) is 0 Å². The first-order valence-corrected chi connectivity index (χ1v) is 12.8. The van der Waals surface area contributed by atoms with Crippen molar-refractivity contribution in [3.05, 3.63) is 57.6 Å². The van der Waals surface area contributed by atoms with Crippen LogP contribution in [0.3, 0.4) is 0 Å². The number of amides is 2. The maximum absolute atomic E-state index is 14.2. The van der Waals surface area contributed by atoms with Crippen LogP contribution in [0.1, 0.15) is 73.4 Å². The summed E-state index contributed by atoms with van der Waals surface area (Å²) in [6.07, 6.45) is 2.34. The van der Waals surface area contributed by atoms with E-state index in [0.29, 0.717) is 13.0 Å². The van der Waals surface area contributed by atoms with E-state index < -0.39 is 11.1 Å². The van der Waals surface area contributed by atoms with Gasteiger partial charge in [0.05, 0.1) is 11.4 Å². The molecule has 0 bridgehead atoms. The van der Waals surface area contributed by atoms with E-state index in [1.165, 1.54) is 0 Å². The molecule has 2 aliphatic rings. The van der Waals surface area contributed by atoms with Crippen LogP contribution in [0.4, 0.5) is 11.4 Å². The summed E-state index contributed by atoms with van der Waals surface area (Å²) in [7, 11) is 0. The number of nitrogens with zero attached hydrogens (tertiary/aromatic N) is 2. The van der Waals surface area contributed by atoms with E-state index in [0.717, 1.165) is 57.6 Å². The van der Waals surface area contributed by atoms with E-state index in [1.54, 1.807) is 13.8 Å². The molecule has 4 rings (SSSR count). The van der Waals surface area contributed by atoms with Crippen molar-refractivity contribution in [1.82, 2.24) is 0 Å². The quantitative estimate of drug-likeness (QED) is 0.367. The molecule has 1 spiro atoms. The molecule has 1 aliphatic carbocycles. The Hall–Kier alpha value is -2.66. The van der Waals surface area contributed by atoms with Crippen molar-refractivity contribution in [2.24, 2.45) is 5.41 Å². The van der Waals surface area contributed by atoms with Crippen LogP contribution >= 0.6 is 0 Å². The molecule has 1 unspecified atom stereocenters. The van der Waals surface area contributed by atoms with Crippen molar-refractivity contribution in [2.75, 3.05) is 16.4 Å². The van der Waals surface area contributed by atoms with Gasteiger partial charge in [0.25, 0.3) is 0 Å². The minimum absolute atomic E-state index is 0.155. The Balaban J connectivity index is 1.99. The van der Waals surface area contributed by atoms with E-state index in [4.69, 9.17) is 4.74 Å². The van der Waals surface area contributed by atoms with Crippen molar-refractivity contribution in [3.63, 3.8) is 0 Å².